The summed E-state index contributed by atoms with van der Waals surface area (Å²) in [5.74, 6) is -0.768. The topological polar surface area (TPSA) is 57.5 Å². The molecule has 0 bridgehead atoms. The van der Waals surface area contributed by atoms with Gasteiger partial charge in [0.15, 0.2) is 0 Å². The van der Waals surface area contributed by atoms with Gasteiger partial charge in [-0.3, -0.25) is 0 Å². The van der Waals surface area contributed by atoms with E-state index in [0.717, 1.165) is 6.42 Å². The number of carbonyl (C=O) groups is 1. The Bertz CT molecular complexity index is 578. The number of aliphatic carboxylic acids is 1. The van der Waals surface area contributed by atoms with E-state index >= 15 is 0 Å². The zero-order valence-corrected chi connectivity index (χ0v) is 23.6. The molecule has 0 fully saturated rings. The van der Waals surface area contributed by atoms with Gasteiger partial charge in [0.2, 0.25) is 0 Å². The van der Waals surface area contributed by atoms with Gasteiger partial charge in [-0.05, 0) is 0 Å². The summed E-state index contributed by atoms with van der Waals surface area (Å²) in [6.07, 6.45) is 24.0. The minimum absolute atomic E-state index is 0.154. The van der Waals surface area contributed by atoms with Crippen LogP contribution in [-0.2, 0) is 4.79 Å². The molecule has 2 atom stereocenters. The summed E-state index contributed by atoms with van der Waals surface area (Å²) in [4.78, 5) is 11.1. The van der Waals surface area contributed by atoms with Crippen LogP contribution in [0.5, 0.6) is 0 Å². The molecule has 4 heteroatoms. The van der Waals surface area contributed by atoms with Crippen molar-refractivity contribution in [3.8, 4) is 0 Å². The van der Waals surface area contributed by atoms with E-state index in [1.165, 1.54) is 107 Å². The Balaban J connectivity index is 2.07. The molecule has 3 nitrogen and oxygen atoms in total. The van der Waals surface area contributed by atoms with Crippen LogP contribution in [0.3, 0.4) is 0 Å². The molecule has 0 spiro atoms. The van der Waals surface area contributed by atoms with E-state index in [1.807, 2.05) is 6.07 Å². The van der Waals surface area contributed by atoms with E-state index in [2.05, 4.69) is 31.2 Å². The third-order valence-electron chi connectivity index (χ3n) is 6.69. The van der Waals surface area contributed by atoms with Gasteiger partial charge in [-0.15, -0.1) is 0 Å². The maximum atomic E-state index is 10.8. The first-order valence-electron chi connectivity index (χ1n) is 14.2. The number of unbranched alkanes of at least 4 members (excludes halogenated alkanes) is 15. The molecule has 0 saturated heterocycles. The SMILES string of the molecule is CCCCCCCCCCCCCCCCCCC([Se]c1ccccc1)C(O)CCCC(=O)O. The Morgan fingerprint density at radius 2 is 1.18 bits per heavy atom. The van der Waals surface area contributed by atoms with E-state index in [9.17, 15) is 9.90 Å². The van der Waals surface area contributed by atoms with Crippen LogP contribution in [0, 0.1) is 0 Å². The van der Waals surface area contributed by atoms with Crippen LogP contribution in [0.2, 0.25) is 4.82 Å². The third-order valence-corrected chi connectivity index (χ3v) is 9.62. The Kier molecular flexibility index (Phi) is 20.8. The Hall–Kier alpha value is -0.831. The van der Waals surface area contributed by atoms with Gasteiger partial charge in [0.05, 0.1) is 0 Å². The molecule has 0 aliphatic carbocycles. The fourth-order valence-corrected chi connectivity index (χ4v) is 7.15. The van der Waals surface area contributed by atoms with Crippen molar-refractivity contribution < 1.29 is 15.0 Å². The van der Waals surface area contributed by atoms with Crippen LogP contribution in [0.25, 0.3) is 0 Å². The van der Waals surface area contributed by atoms with Crippen LogP contribution in [0.1, 0.15) is 135 Å². The predicted octanol–water partition coefficient (Wildman–Crippen LogP) is 8.07. The summed E-state index contributed by atoms with van der Waals surface area (Å²) in [6.45, 7) is 2.28. The van der Waals surface area contributed by atoms with E-state index in [1.54, 1.807) is 0 Å². The molecule has 0 radical (unpaired) electrons. The first-order chi connectivity index (χ1) is 16.6. The third kappa shape index (κ3) is 18.5. The number of aliphatic hydroxyl groups is 1. The average Bonchev–Trinajstić information content (AvgIpc) is 2.83. The van der Waals surface area contributed by atoms with Gasteiger partial charge in [0, 0.05) is 0 Å². The Morgan fingerprint density at radius 3 is 1.65 bits per heavy atom. The molecule has 0 amide bonds. The molecular weight excluding hydrogens is 487 g/mol. The van der Waals surface area contributed by atoms with Gasteiger partial charge < -0.3 is 0 Å². The molecule has 0 aliphatic rings. The normalized spacial score (nSPS) is 13.1. The van der Waals surface area contributed by atoms with Crippen molar-refractivity contribution in [2.45, 2.75) is 146 Å². The fourth-order valence-electron chi connectivity index (χ4n) is 4.55. The van der Waals surface area contributed by atoms with Crippen molar-refractivity contribution in [3.05, 3.63) is 30.3 Å². The van der Waals surface area contributed by atoms with Crippen molar-refractivity contribution in [1.82, 2.24) is 0 Å². The number of benzene rings is 1. The molecule has 0 saturated carbocycles. The van der Waals surface area contributed by atoms with Crippen LogP contribution in [0.4, 0.5) is 0 Å². The van der Waals surface area contributed by atoms with Gasteiger partial charge in [-0.25, -0.2) is 0 Å². The number of hydrogen-bond acceptors (Lipinski definition) is 2. The second-order valence-electron chi connectivity index (χ2n) is 9.91. The molecule has 0 aliphatic heterocycles. The standard InChI is InChI=1S/C30H52O3Se/c1-2-3-4-5-6-7-8-9-10-11-12-13-14-15-16-20-25-29(28(31)24-21-26-30(32)33)34-27-22-18-17-19-23-27/h17-19,22-23,28-29,31H,2-16,20-21,24-26H2,1H3,(H,32,33). The molecule has 2 unspecified atom stereocenters. The maximum absolute atomic E-state index is 10.8. The van der Waals surface area contributed by atoms with E-state index in [0.29, 0.717) is 12.8 Å². The molecule has 0 aromatic heterocycles. The monoisotopic (exact) mass is 540 g/mol. The first-order valence-corrected chi connectivity index (χ1v) is 16.1. The molecule has 1 aromatic carbocycles. The number of hydrogen-bond donors (Lipinski definition) is 2. The number of rotatable bonds is 24. The average molecular weight is 540 g/mol. The second kappa shape index (κ2) is 22.6. The molecule has 196 valence electrons. The van der Waals surface area contributed by atoms with E-state index in [-0.39, 0.29) is 32.3 Å². The molecule has 34 heavy (non-hydrogen) atoms. The van der Waals surface area contributed by atoms with Crippen molar-refractivity contribution in [2.24, 2.45) is 0 Å². The second-order valence-corrected chi connectivity index (χ2v) is 12.7. The molecular formula is C30H52O3Se. The van der Waals surface area contributed by atoms with Gasteiger partial charge in [-0.1, -0.05) is 45.4 Å². The zero-order chi connectivity index (χ0) is 24.7. The molecule has 2 N–H and O–H groups in total. The summed E-state index contributed by atoms with van der Waals surface area (Å²) in [6, 6.07) is 10.5. The minimum atomic E-state index is -0.768. The van der Waals surface area contributed by atoms with Gasteiger partial charge in [-0.2, -0.15) is 0 Å². The molecule has 1 aromatic rings. The molecule has 1 rings (SSSR count). The summed E-state index contributed by atoms with van der Waals surface area (Å²) in [7, 11) is 0. The number of carboxylic acid groups (broad SMARTS) is 1. The zero-order valence-electron chi connectivity index (χ0n) is 21.9. The first kappa shape index (κ1) is 31.2. The predicted molar refractivity (Wildman–Crippen MR) is 147 cm³/mol. The summed E-state index contributed by atoms with van der Waals surface area (Å²) >= 11 is 0.236. The Morgan fingerprint density at radius 1 is 0.706 bits per heavy atom. The van der Waals surface area contributed by atoms with E-state index < -0.39 is 5.97 Å². The number of aliphatic hydroxyl groups excluding tert-OH is 1. The van der Waals surface area contributed by atoms with E-state index in [4.69, 9.17) is 5.11 Å². The van der Waals surface area contributed by atoms with Crippen molar-refractivity contribution >= 4 is 25.4 Å². The van der Waals surface area contributed by atoms with Gasteiger partial charge in [0.1, 0.15) is 0 Å². The van der Waals surface area contributed by atoms with Crippen LogP contribution in [-0.4, -0.2) is 37.2 Å². The van der Waals surface area contributed by atoms with Crippen molar-refractivity contribution in [1.29, 1.82) is 0 Å². The Labute approximate surface area is 216 Å². The van der Waals surface area contributed by atoms with Crippen LogP contribution in [0.15, 0.2) is 30.3 Å². The molecule has 0 heterocycles. The van der Waals surface area contributed by atoms with Crippen molar-refractivity contribution in [3.63, 3.8) is 0 Å². The summed E-state index contributed by atoms with van der Waals surface area (Å²) in [5, 5.41) is 19.6. The summed E-state index contributed by atoms with van der Waals surface area (Å²) < 4.78 is 1.33. The van der Waals surface area contributed by atoms with Crippen LogP contribution < -0.4 is 4.46 Å². The fraction of sp³-hybridized carbons (Fsp3) is 0.767. The van der Waals surface area contributed by atoms with Crippen LogP contribution >= 0.6 is 0 Å². The van der Waals surface area contributed by atoms with Crippen molar-refractivity contribution in [2.75, 3.05) is 0 Å². The van der Waals surface area contributed by atoms with Gasteiger partial charge >= 0.3 is 172 Å². The quantitative estimate of drug-likeness (QED) is 0.103. The van der Waals surface area contributed by atoms with Gasteiger partial charge in [0.25, 0.3) is 0 Å². The number of carboxylic acids is 1. The summed E-state index contributed by atoms with van der Waals surface area (Å²) in [5.41, 5.74) is 0.